The number of aliphatic hydroxyl groups is 1. The Morgan fingerprint density at radius 2 is 2.20 bits per heavy atom. The van der Waals surface area contributed by atoms with Gasteiger partial charge in [0.25, 0.3) is 0 Å². The van der Waals surface area contributed by atoms with Gasteiger partial charge in [0.2, 0.25) is 0 Å². The number of thioether (sulfide) groups is 1. The molecule has 1 aromatic heterocycles. The van der Waals surface area contributed by atoms with E-state index >= 15 is 0 Å². The number of hydrogen-bond acceptors (Lipinski definition) is 5. The first-order chi connectivity index (χ1) is 9.52. The number of hydrogen-bond donors (Lipinski definition) is 2. The number of aliphatic carboxylic acids is 1. The van der Waals surface area contributed by atoms with Gasteiger partial charge >= 0.3 is 5.97 Å². The highest BCUT2D eigenvalue weighted by Gasteiger charge is 2.17. The zero-order valence-electron chi connectivity index (χ0n) is 9.95. The Hall–Kier alpha value is -0.840. The summed E-state index contributed by atoms with van der Waals surface area (Å²) in [5, 5.41) is 26.9. The van der Waals surface area contributed by atoms with Gasteiger partial charge in [-0.1, -0.05) is 23.4 Å². The normalized spacial score (nSPS) is 10.8. The first-order valence-corrected chi connectivity index (χ1v) is 7.82. The molecule has 0 atom stereocenters. The maximum atomic E-state index is 10.7. The van der Waals surface area contributed by atoms with Crippen LogP contribution in [0.1, 0.15) is 5.82 Å². The molecule has 0 bridgehead atoms. The van der Waals surface area contributed by atoms with E-state index in [1.54, 1.807) is 22.8 Å². The van der Waals surface area contributed by atoms with Crippen molar-refractivity contribution < 1.29 is 15.0 Å². The number of halogens is 2. The van der Waals surface area contributed by atoms with E-state index in [1.807, 2.05) is 0 Å². The maximum absolute atomic E-state index is 10.7. The molecule has 0 spiro atoms. The van der Waals surface area contributed by atoms with Gasteiger partial charge in [-0.25, -0.2) is 0 Å². The molecule has 1 heterocycles. The molecule has 20 heavy (non-hydrogen) atoms. The van der Waals surface area contributed by atoms with Gasteiger partial charge in [0.1, 0.15) is 6.61 Å². The smallest absolute Gasteiger partial charge is 0.313 e. The minimum absolute atomic E-state index is 0.131. The number of aliphatic hydroxyl groups excluding tert-OH is 1. The average molecular weight is 426 g/mol. The summed E-state index contributed by atoms with van der Waals surface area (Å²) >= 11 is 9.07. The molecule has 0 saturated carbocycles. The van der Waals surface area contributed by atoms with Gasteiger partial charge in [-0.05, 0) is 40.8 Å². The van der Waals surface area contributed by atoms with E-state index in [9.17, 15) is 9.90 Å². The van der Waals surface area contributed by atoms with Crippen molar-refractivity contribution in [1.29, 1.82) is 0 Å². The molecule has 6 nitrogen and oxygen atoms in total. The molecule has 0 aliphatic carbocycles. The summed E-state index contributed by atoms with van der Waals surface area (Å²) in [6.07, 6.45) is 0. The summed E-state index contributed by atoms with van der Waals surface area (Å²) in [6, 6.07) is 5.26. The number of aromatic nitrogens is 3. The zero-order chi connectivity index (χ0) is 14.7. The van der Waals surface area contributed by atoms with E-state index in [4.69, 9.17) is 16.7 Å². The number of benzene rings is 1. The predicted octanol–water partition coefficient (Wildman–Crippen LogP) is 2.19. The van der Waals surface area contributed by atoms with Gasteiger partial charge in [0.05, 0.1) is 11.4 Å². The van der Waals surface area contributed by atoms with Crippen LogP contribution < -0.4 is 0 Å². The van der Waals surface area contributed by atoms with Crippen LogP contribution in [0.3, 0.4) is 0 Å². The molecule has 2 aromatic rings. The van der Waals surface area contributed by atoms with Crippen molar-refractivity contribution in [2.45, 2.75) is 11.8 Å². The van der Waals surface area contributed by atoms with Crippen molar-refractivity contribution in [2.75, 3.05) is 5.75 Å². The van der Waals surface area contributed by atoms with Crippen LogP contribution in [0.15, 0.2) is 23.4 Å². The van der Waals surface area contributed by atoms with Crippen molar-refractivity contribution in [1.82, 2.24) is 14.8 Å². The number of carboxylic acids is 1. The standard InChI is InChI=1S/C11H9ClIN3O3S/c12-6-1-2-8(7(13)3-6)16-9(4-17)14-15-11(16)20-5-10(18)19/h1-3,17H,4-5H2,(H,18,19). The lowest BCUT2D eigenvalue weighted by molar-refractivity contribution is -0.133. The molecule has 2 rings (SSSR count). The fourth-order valence-electron chi connectivity index (χ4n) is 1.53. The van der Waals surface area contributed by atoms with Crippen molar-refractivity contribution in [3.63, 3.8) is 0 Å². The predicted molar refractivity (Wildman–Crippen MR) is 83.4 cm³/mol. The Labute approximate surface area is 137 Å². The highest BCUT2D eigenvalue weighted by Crippen LogP contribution is 2.27. The fraction of sp³-hybridized carbons (Fsp3) is 0.182. The minimum Gasteiger partial charge on any atom is -0.481 e. The van der Waals surface area contributed by atoms with Crippen molar-refractivity contribution in [2.24, 2.45) is 0 Å². The van der Waals surface area contributed by atoms with Gasteiger partial charge in [-0.3, -0.25) is 9.36 Å². The second-order valence-electron chi connectivity index (χ2n) is 3.67. The molecule has 0 saturated heterocycles. The first kappa shape index (κ1) is 15.5. The summed E-state index contributed by atoms with van der Waals surface area (Å²) in [5.41, 5.74) is 0.747. The van der Waals surface area contributed by atoms with Gasteiger partial charge in [0, 0.05) is 8.59 Å². The molecule has 2 N–H and O–H groups in total. The quantitative estimate of drug-likeness (QED) is 0.564. The van der Waals surface area contributed by atoms with Gasteiger partial charge < -0.3 is 10.2 Å². The topological polar surface area (TPSA) is 88.2 Å². The summed E-state index contributed by atoms with van der Waals surface area (Å²) in [7, 11) is 0. The zero-order valence-corrected chi connectivity index (χ0v) is 13.7. The monoisotopic (exact) mass is 425 g/mol. The molecule has 9 heteroatoms. The number of carboxylic acid groups (broad SMARTS) is 1. The van der Waals surface area contributed by atoms with Crippen LogP contribution in [0.25, 0.3) is 5.69 Å². The molecular formula is C11H9ClIN3O3S. The van der Waals surface area contributed by atoms with E-state index in [2.05, 4.69) is 32.8 Å². The Kier molecular flexibility index (Phi) is 5.24. The average Bonchev–Trinajstić information content (AvgIpc) is 2.79. The second-order valence-corrected chi connectivity index (χ2v) is 6.21. The Morgan fingerprint density at radius 3 is 2.80 bits per heavy atom. The van der Waals surface area contributed by atoms with E-state index in [0.717, 1.165) is 21.0 Å². The number of nitrogens with zero attached hydrogens (tertiary/aromatic N) is 3. The molecule has 0 fully saturated rings. The van der Waals surface area contributed by atoms with Crippen molar-refractivity contribution in [3.8, 4) is 5.69 Å². The van der Waals surface area contributed by atoms with E-state index < -0.39 is 5.97 Å². The third kappa shape index (κ3) is 3.43. The van der Waals surface area contributed by atoms with Gasteiger partial charge in [-0.15, -0.1) is 10.2 Å². The highest BCUT2D eigenvalue weighted by molar-refractivity contribution is 14.1. The lowest BCUT2D eigenvalue weighted by Gasteiger charge is -2.10. The Morgan fingerprint density at radius 1 is 1.45 bits per heavy atom. The van der Waals surface area contributed by atoms with Crippen LogP contribution >= 0.6 is 46.0 Å². The largest absolute Gasteiger partial charge is 0.481 e. The second kappa shape index (κ2) is 6.74. The number of carbonyl (C=O) groups is 1. The lowest BCUT2D eigenvalue weighted by Crippen LogP contribution is -2.06. The molecular weight excluding hydrogens is 417 g/mol. The molecule has 0 aliphatic heterocycles. The van der Waals surface area contributed by atoms with E-state index in [1.165, 1.54) is 0 Å². The molecule has 0 aliphatic rings. The molecule has 106 valence electrons. The van der Waals surface area contributed by atoms with Crippen molar-refractivity contribution in [3.05, 3.63) is 32.6 Å². The molecule has 0 unspecified atom stereocenters. The third-order valence-corrected chi connectivity index (χ3v) is 4.33. The van der Waals surface area contributed by atoms with E-state index in [-0.39, 0.29) is 12.4 Å². The summed E-state index contributed by atoms with van der Waals surface area (Å²) < 4.78 is 2.48. The lowest BCUT2D eigenvalue weighted by atomic mass is 10.3. The van der Waals surface area contributed by atoms with Gasteiger partial charge in [-0.2, -0.15) is 0 Å². The summed E-state index contributed by atoms with van der Waals surface area (Å²) in [4.78, 5) is 10.7. The van der Waals surface area contributed by atoms with Crippen LogP contribution in [-0.2, 0) is 11.4 Å². The van der Waals surface area contributed by atoms with Crippen LogP contribution in [0.2, 0.25) is 5.02 Å². The highest BCUT2D eigenvalue weighted by atomic mass is 127. The minimum atomic E-state index is -0.944. The first-order valence-electron chi connectivity index (χ1n) is 5.38. The maximum Gasteiger partial charge on any atom is 0.313 e. The van der Waals surface area contributed by atoms with E-state index in [0.29, 0.717) is 16.0 Å². The Balaban J connectivity index is 2.47. The van der Waals surface area contributed by atoms with Gasteiger partial charge in [0.15, 0.2) is 11.0 Å². The van der Waals surface area contributed by atoms with Crippen molar-refractivity contribution >= 4 is 51.9 Å². The Bertz CT molecular complexity index is 650. The summed E-state index contributed by atoms with van der Waals surface area (Å²) in [6.45, 7) is -0.292. The summed E-state index contributed by atoms with van der Waals surface area (Å²) in [5.74, 6) is -0.729. The van der Waals surface area contributed by atoms with Crippen LogP contribution in [0, 0.1) is 3.57 Å². The van der Waals surface area contributed by atoms with Crippen LogP contribution in [-0.4, -0.2) is 36.7 Å². The third-order valence-electron chi connectivity index (χ3n) is 2.32. The van der Waals surface area contributed by atoms with Crippen LogP contribution in [0.5, 0.6) is 0 Å². The molecule has 1 aromatic carbocycles. The fourth-order valence-corrected chi connectivity index (χ4v) is 3.32. The molecule has 0 amide bonds. The SMILES string of the molecule is O=C(O)CSc1nnc(CO)n1-c1ccc(Cl)cc1I. The molecule has 0 radical (unpaired) electrons. The van der Waals surface area contributed by atoms with Crippen LogP contribution in [0.4, 0.5) is 0 Å². The number of rotatable bonds is 5.